The second-order valence-electron chi connectivity index (χ2n) is 14.9. The number of nitrogens with one attached hydrogen (secondary N) is 3. The molecule has 0 bridgehead atoms. The summed E-state index contributed by atoms with van der Waals surface area (Å²) in [6.07, 6.45) is 11.0. The van der Waals surface area contributed by atoms with Crippen molar-refractivity contribution in [2.75, 3.05) is 6.54 Å². The lowest BCUT2D eigenvalue weighted by molar-refractivity contribution is -0.141. The van der Waals surface area contributed by atoms with E-state index >= 15 is 0 Å². The van der Waals surface area contributed by atoms with Gasteiger partial charge in [0.2, 0.25) is 21.8 Å². The quantitative estimate of drug-likeness (QED) is 0.193. The van der Waals surface area contributed by atoms with E-state index in [0.717, 1.165) is 48.8 Å². The lowest BCUT2D eigenvalue weighted by atomic mass is 9.96. The standard InChI is InChI=1S/C39H47N5O8S/c45-35-34-22-31(52-40-24-26-11-9-14-28(21-26)27-12-5-4-6-13-27)25-44(34)36(46)33(41-38(48)51-30-16-10-17-30)18-8-3-1-2-7-15-29-23-39(29,42-35)37(47)43-53(49,50)32-19-20-32/h4-7,9,11-15,21,24,29-34H,1-3,8,10,16-20,22-23,25H2,(H,41,48)(H,42,45)(H,43,47)/b15-7-,40-24+/t29-,31-,33+,34+,39?/m1/s1. The zero-order valence-corrected chi connectivity index (χ0v) is 30.5. The van der Waals surface area contributed by atoms with E-state index in [1.807, 2.05) is 66.7 Å². The summed E-state index contributed by atoms with van der Waals surface area (Å²) < 4.78 is 33.3. The third-order valence-corrected chi connectivity index (χ3v) is 12.7. The molecule has 4 amide bonds. The van der Waals surface area contributed by atoms with Gasteiger partial charge >= 0.3 is 6.09 Å². The van der Waals surface area contributed by atoms with Gasteiger partial charge in [0.25, 0.3) is 5.91 Å². The molecule has 1 saturated heterocycles. The molecule has 5 atom stereocenters. The Morgan fingerprint density at radius 3 is 2.47 bits per heavy atom. The lowest BCUT2D eigenvalue weighted by Crippen LogP contribution is -2.58. The fourth-order valence-electron chi connectivity index (χ4n) is 7.26. The van der Waals surface area contributed by atoms with E-state index in [-0.39, 0.29) is 25.5 Å². The third kappa shape index (κ3) is 8.75. The molecule has 2 aliphatic heterocycles. The number of fused-ring (bicyclic) bond motifs is 2. The topological polar surface area (TPSA) is 173 Å². The van der Waals surface area contributed by atoms with Crippen molar-refractivity contribution in [1.29, 1.82) is 0 Å². The molecule has 282 valence electrons. The molecular weight excluding hydrogens is 699 g/mol. The van der Waals surface area contributed by atoms with Crippen molar-refractivity contribution in [3.8, 4) is 11.1 Å². The molecule has 0 aromatic heterocycles. The average Bonchev–Trinajstić information content (AvgIpc) is 4.06. The van der Waals surface area contributed by atoms with E-state index in [0.29, 0.717) is 32.1 Å². The minimum atomic E-state index is -3.87. The summed E-state index contributed by atoms with van der Waals surface area (Å²) in [6.45, 7) is 0.00670. The van der Waals surface area contributed by atoms with Crippen LogP contribution in [0.15, 0.2) is 71.9 Å². The zero-order chi connectivity index (χ0) is 37.0. The van der Waals surface area contributed by atoms with Gasteiger partial charge in [0, 0.05) is 12.3 Å². The van der Waals surface area contributed by atoms with Crippen LogP contribution in [0.2, 0.25) is 0 Å². The first kappa shape index (κ1) is 36.6. The van der Waals surface area contributed by atoms with Gasteiger partial charge in [0.1, 0.15) is 29.8 Å². The summed E-state index contributed by atoms with van der Waals surface area (Å²) in [6, 6.07) is 15.7. The summed E-state index contributed by atoms with van der Waals surface area (Å²) in [5, 5.41) is 9.26. The van der Waals surface area contributed by atoms with Crippen molar-refractivity contribution < 1.29 is 37.2 Å². The monoisotopic (exact) mass is 745 g/mol. The number of ether oxygens (including phenoxy) is 1. The number of allylic oxidation sites excluding steroid dienone is 1. The van der Waals surface area contributed by atoms with Gasteiger partial charge in [0.05, 0.1) is 18.0 Å². The van der Waals surface area contributed by atoms with E-state index in [1.165, 1.54) is 4.90 Å². The number of rotatable bonds is 9. The van der Waals surface area contributed by atoms with Crippen LogP contribution in [-0.2, 0) is 34.0 Å². The number of hydrogen-bond donors (Lipinski definition) is 3. The number of alkyl carbamates (subject to hydrolysis) is 1. The van der Waals surface area contributed by atoms with Gasteiger partial charge < -0.3 is 25.1 Å². The molecule has 0 spiro atoms. The second kappa shape index (κ2) is 15.7. The molecule has 3 N–H and O–H groups in total. The summed E-state index contributed by atoms with van der Waals surface area (Å²) in [5.41, 5.74) is 1.38. The van der Waals surface area contributed by atoms with Crippen LogP contribution in [0, 0.1) is 5.92 Å². The predicted octanol–water partition coefficient (Wildman–Crippen LogP) is 4.32. The van der Waals surface area contributed by atoms with Gasteiger partial charge in [-0.1, -0.05) is 78.7 Å². The maximum Gasteiger partial charge on any atom is 0.408 e. The summed E-state index contributed by atoms with van der Waals surface area (Å²) in [7, 11) is -3.87. The largest absolute Gasteiger partial charge is 0.446 e. The first-order valence-electron chi connectivity index (χ1n) is 18.8. The molecule has 0 radical (unpaired) electrons. The SMILES string of the molecule is O=C(N[C@H]1CCCCC/C=C\[C@@H]2CC2(C(=O)NS(=O)(=O)C2CC2)NC(=O)[C@@H]2C[C@@H](O/N=C/c3cccc(-c4ccccc4)c3)CN2C1=O)OC1CCC1. The van der Waals surface area contributed by atoms with Gasteiger partial charge in [-0.3, -0.25) is 19.1 Å². The van der Waals surface area contributed by atoms with Crippen molar-refractivity contribution in [2.24, 2.45) is 11.1 Å². The number of carbonyl (C=O) groups excluding carboxylic acids is 4. The Hall–Kier alpha value is -4.72. The van der Waals surface area contributed by atoms with Gasteiger partial charge in [-0.05, 0) is 80.5 Å². The minimum Gasteiger partial charge on any atom is -0.446 e. The number of hydrogen-bond acceptors (Lipinski definition) is 9. The third-order valence-electron chi connectivity index (χ3n) is 10.9. The molecule has 7 rings (SSSR count). The van der Waals surface area contributed by atoms with E-state index in [9.17, 15) is 27.6 Å². The minimum absolute atomic E-state index is 0.00670. The van der Waals surface area contributed by atoms with Crippen molar-refractivity contribution in [1.82, 2.24) is 20.3 Å². The van der Waals surface area contributed by atoms with Crippen LogP contribution in [-0.4, -0.2) is 85.0 Å². The van der Waals surface area contributed by atoms with Crippen LogP contribution in [0.5, 0.6) is 0 Å². The van der Waals surface area contributed by atoms with Gasteiger partial charge in [-0.15, -0.1) is 0 Å². The number of sulfonamides is 1. The molecule has 3 saturated carbocycles. The lowest BCUT2D eigenvalue weighted by Gasteiger charge is -2.30. The van der Waals surface area contributed by atoms with E-state index in [4.69, 9.17) is 9.57 Å². The Labute approximate surface area is 310 Å². The number of amides is 4. The second-order valence-corrected chi connectivity index (χ2v) is 16.8. The molecular formula is C39H47N5O8S. The van der Waals surface area contributed by atoms with Crippen molar-refractivity contribution in [3.63, 3.8) is 0 Å². The molecule has 1 unspecified atom stereocenters. The first-order chi connectivity index (χ1) is 25.6. The Bertz CT molecular complexity index is 1860. The van der Waals surface area contributed by atoms with Crippen molar-refractivity contribution >= 4 is 40.1 Å². The molecule has 14 heteroatoms. The van der Waals surface area contributed by atoms with Crippen LogP contribution < -0.4 is 15.4 Å². The van der Waals surface area contributed by atoms with Crippen LogP contribution >= 0.6 is 0 Å². The molecule has 53 heavy (non-hydrogen) atoms. The first-order valence-corrected chi connectivity index (χ1v) is 20.3. The van der Waals surface area contributed by atoms with Crippen LogP contribution in [0.1, 0.15) is 82.6 Å². The van der Waals surface area contributed by atoms with Crippen LogP contribution in [0.3, 0.4) is 0 Å². The zero-order valence-electron chi connectivity index (χ0n) is 29.7. The molecule has 2 heterocycles. The number of nitrogens with zero attached hydrogens (tertiary/aromatic N) is 2. The summed E-state index contributed by atoms with van der Waals surface area (Å²) in [5.74, 6) is -2.25. The Morgan fingerprint density at radius 1 is 0.925 bits per heavy atom. The molecule has 5 aliphatic rings. The highest BCUT2D eigenvalue weighted by molar-refractivity contribution is 7.91. The van der Waals surface area contributed by atoms with Gasteiger partial charge in [-0.25, -0.2) is 13.2 Å². The highest BCUT2D eigenvalue weighted by Gasteiger charge is 2.62. The normalized spacial score (nSPS) is 28.6. The molecule has 4 fully saturated rings. The summed E-state index contributed by atoms with van der Waals surface area (Å²) >= 11 is 0. The maximum atomic E-state index is 14.3. The number of carbonyl (C=O) groups is 4. The molecule has 3 aliphatic carbocycles. The molecule has 2 aromatic carbocycles. The maximum absolute atomic E-state index is 14.3. The Balaban J connectivity index is 1.11. The average molecular weight is 746 g/mol. The fourth-order valence-corrected chi connectivity index (χ4v) is 8.63. The van der Waals surface area contributed by atoms with E-state index in [2.05, 4.69) is 20.5 Å². The molecule has 2 aromatic rings. The smallest absolute Gasteiger partial charge is 0.408 e. The van der Waals surface area contributed by atoms with E-state index < -0.39 is 68.7 Å². The summed E-state index contributed by atoms with van der Waals surface area (Å²) in [4.78, 5) is 62.3. The van der Waals surface area contributed by atoms with Crippen molar-refractivity contribution in [3.05, 3.63) is 72.3 Å². The Morgan fingerprint density at radius 2 is 1.72 bits per heavy atom. The highest BCUT2D eigenvalue weighted by Crippen LogP contribution is 2.46. The van der Waals surface area contributed by atoms with Gasteiger partial charge in [-0.2, -0.15) is 0 Å². The Kier molecular flexibility index (Phi) is 10.9. The highest BCUT2D eigenvalue weighted by atomic mass is 32.2. The molecule has 13 nitrogen and oxygen atoms in total. The van der Waals surface area contributed by atoms with Crippen LogP contribution in [0.25, 0.3) is 11.1 Å². The van der Waals surface area contributed by atoms with Crippen molar-refractivity contribution in [2.45, 2.75) is 112 Å². The number of oxime groups is 1. The number of benzene rings is 2. The van der Waals surface area contributed by atoms with Gasteiger partial charge in [0.15, 0.2) is 0 Å². The van der Waals surface area contributed by atoms with Crippen LogP contribution in [0.4, 0.5) is 4.79 Å². The van der Waals surface area contributed by atoms with E-state index in [1.54, 1.807) is 6.21 Å². The predicted molar refractivity (Wildman–Crippen MR) is 197 cm³/mol. The fraction of sp³-hybridized carbons (Fsp3) is 0.513.